The molecule has 0 amide bonds. The average molecular weight is 532 g/mol. The molecule has 1 atom stereocenters. The van der Waals surface area contributed by atoms with Gasteiger partial charge in [0.1, 0.15) is 0 Å². The molecular formula is C15H18F10O7S. The van der Waals surface area contributed by atoms with E-state index in [1.54, 1.807) is 0 Å². The summed E-state index contributed by atoms with van der Waals surface area (Å²) in [6.07, 6.45) is -18.0. The molecule has 0 spiro atoms. The quantitative estimate of drug-likeness (QED) is 0.138. The van der Waals surface area contributed by atoms with Gasteiger partial charge in [-0.15, -0.1) is 0 Å². The summed E-state index contributed by atoms with van der Waals surface area (Å²) in [5.41, 5.74) is -6.55. The summed E-state index contributed by atoms with van der Waals surface area (Å²) in [7, 11) is -6.52. The van der Waals surface area contributed by atoms with Crippen LogP contribution in [0.5, 0.6) is 0 Å². The molecule has 196 valence electrons. The molecule has 0 radical (unpaired) electrons. The maximum atomic E-state index is 13.3. The monoisotopic (exact) mass is 532 g/mol. The van der Waals surface area contributed by atoms with Crippen LogP contribution >= 0.6 is 0 Å². The second kappa shape index (κ2) is 9.91. The number of halogens is 10. The molecule has 7 nitrogen and oxygen atoms in total. The summed E-state index contributed by atoms with van der Waals surface area (Å²) in [4.78, 5) is 11.8. The number of hydrogen-bond acceptors (Lipinski definition) is 6. The van der Waals surface area contributed by atoms with Gasteiger partial charge in [-0.25, -0.2) is 4.79 Å². The zero-order valence-electron chi connectivity index (χ0n) is 16.6. The molecule has 0 saturated carbocycles. The molecule has 0 aromatic heterocycles. The van der Waals surface area contributed by atoms with Gasteiger partial charge in [0.25, 0.3) is 5.60 Å². The molecule has 18 heteroatoms. The van der Waals surface area contributed by atoms with Crippen LogP contribution in [0.15, 0.2) is 12.2 Å². The summed E-state index contributed by atoms with van der Waals surface area (Å²) >= 11 is 0. The van der Waals surface area contributed by atoms with Crippen molar-refractivity contribution in [1.29, 1.82) is 0 Å². The number of ether oxygens (including phenoxy) is 2. The third-order valence-corrected chi connectivity index (χ3v) is 4.94. The second-order valence-corrected chi connectivity index (χ2v) is 8.40. The first kappa shape index (κ1) is 31.3. The fourth-order valence-corrected chi connectivity index (χ4v) is 2.65. The van der Waals surface area contributed by atoms with E-state index in [0.717, 1.165) is 13.8 Å². The highest BCUT2D eigenvalue weighted by Crippen LogP contribution is 2.48. The minimum Gasteiger partial charge on any atom is -0.455 e. The Morgan fingerprint density at radius 2 is 1.39 bits per heavy atom. The van der Waals surface area contributed by atoms with Crippen molar-refractivity contribution in [3.05, 3.63) is 12.2 Å². The van der Waals surface area contributed by atoms with Crippen LogP contribution in [0.4, 0.5) is 43.9 Å². The van der Waals surface area contributed by atoms with Crippen LogP contribution in [0.1, 0.15) is 20.3 Å². The van der Waals surface area contributed by atoms with E-state index in [0.29, 0.717) is 0 Å². The van der Waals surface area contributed by atoms with Crippen LogP contribution < -0.4 is 0 Å². The maximum Gasteiger partial charge on any atom is 0.431 e. The first-order valence-corrected chi connectivity index (χ1v) is 9.83. The van der Waals surface area contributed by atoms with Crippen LogP contribution in [0, 0.1) is 5.92 Å². The van der Waals surface area contributed by atoms with Gasteiger partial charge in [0.05, 0.1) is 18.8 Å². The van der Waals surface area contributed by atoms with Crippen LogP contribution in [-0.4, -0.2) is 72.5 Å². The third-order valence-electron chi connectivity index (χ3n) is 3.99. The lowest BCUT2D eigenvalue weighted by atomic mass is 9.87. The fourth-order valence-electron chi connectivity index (χ4n) is 2.17. The summed E-state index contributed by atoms with van der Waals surface area (Å²) < 4.78 is 168. The summed E-state index contributed by atoms with van der Waals surface area (Å²) in [5, 5.41) is 3.47. The van der Waals surface area contributed by atoms with Crippen molar-refractivity contribution in [3.8, 4) is 0 Å². The van der Waals surface area contributed by atoms with E-state index < -0.39 is 82.4 Å². The molecule has 0 aliphatic heterocycles. The smallest absolute Gasteiger partial charge is 0.431 e. The predicted octanol–water partition coefficient (Wildman–Crippen LogP) is 3.49. The molecule has 0 fully saturated rings. The molecule has 2 N–H and O–H groups in total. The van der Waals surface area contributed by atoms with Crippen molar-refractivity contribution in [2.24, 2.45) is 5.92 Å². The topological polar surface area (TPSA) is 110 Å². The Bertz CT molecular complexity index is 804. The summed E-state index contributed by atoms with van der Waals surface area (Å²) in [5.74, 6) is -9.10. The number of alkyl halides is 10. The van der Waals surface area contributed by atoms with Gasteiger partial charge in [-0.05, 0) is 5.92 Å². The van der Waals surface area contributed by atoms with Gasteiger partial charge in [0.15, 0.2) is 6.10 Å². The highest BCUT2D eigenvalue weighted by molar-refractivity contribution is 7.87. The number of rotatable bonds is 11. The molecule has 0 heterocycles. The van der Waals surface area contributed by atoms with E-state index >= 15 is 0 Å². The van der Waals surface area contributed by atoms with Crippen molar-refractivity contribution in [3.63, 3.8) is 0 Å². The first-order chi connectivity index (χ1) is 14.3. The van der Waals surface area contributed by atoms with Gasteiger partial charge in [-0.3, -0.25) is 4.55 Å². The molecule has 0 aliphatic rings. The molecule has 33 heavy (non-hydrogen) atoms. The van der Waals surface area contributed by atoms with E-state index in [1.807, 2.05) is 0 Å². The molecule has 0 aliphatic carbocycles. The van der Waals surface area contributed by atoms with Crippen molar-refractivity contribution in [1.82, 2.24) is 0 Å². The molecule has 0 aromatic carbocycles. The molecule has 1 unspecified atom stereocenters. The molecular weight excluding hydrogens is 514 g/mol. The number of hydrogen-bond donors (Lipinski definition) is 2. The Labute approximate surface area is 180 Å². The zero-order valence-corrected chi connectivity index (χ0v) is 17.4. The van der Waals surface area contributed by atoms with Gasteiger partial charge < -0.3 is 14.6 Å². The molecule has 0 saturated heterocycles. The van der Waals surface area contributed by atoms with E-state index in [1.165, 1.54) is 0 Å². The Hall–Kier alpha value is -1.66. The third kappa shape index (κ3) is 6.69. The predicted molar refractivity (Wildman–Crippen MR) is 87.8 cm³/mol. The van der Waals surface area contributed by atoms with E-state index in [-0.39, 0.29) is 0 Å². The fraction of sp³-hybridized carbons (Fsp3) is 0.800. The standard InChI is InChI=1S/C15H18F10O7S/c1-7(2)9(12(27,13(18,19)20)14(21,22)23)32-10(26)8(3)6-31-5-4-11(16,17)15(24,25)33(28,29)30/h7,9,27H,3-6H2,1-2H3,(H,28,29,30). The van der Waals surface area contributed by atoms with Gasteiger partial charge in [-0.1, -0.05) is 20.4 Å². The van der Waals surface area contributed by atoms with E-state index in [2.05, 4.69) is 16.1 Å². The summed E-state index contributed by atoms with van der Waals surface area (Å²) in [6, 6.07) is 0. The largest absolute Gasteiger partial charge is 0.455 e. The molecule has 0 rings (SSSR count). The lowest BCUT2D eigenvalue weighted by molar-refractivity contribution is -0.394. The minimum atomic E-state index is -6.52. The van der Waals surface area contributed by atoms with Crippen molar-refractivity contribution in [2.75, 3.05) is 13.2 Å². The Morgan fingerprint density at radius 1 is 0.970 bits per heavy atom. The number of aliphatic hydroxyl groups is 1. The Kier molecular flexibility index (Phi) is 9.41. The van der Waals surface area contributed by atoms with Gasteiger partial charge >= 0.3 is 39.6 Å². The van der Waals surface area contributed by atoms with Crippen molar-refractivity contribution < 1.29 is 76.2 Å². The first-order valence-electron chi connectivity index (χ1n) is 8.39. The normalized spacial score (nSPS) is 15.5. The summed E-state index contributed by atoms with van der Waals surface area (Å²) in [6.45, 7) is 1.72. The van der Waals surface area contributed by atoms with Crippen molar-refractivity contribution >= 4 is 16.1 Å². The SMILES string of the molecule is C=C(COCCC(F)(F)C(F)(F)S(=O)(=O)O)C(=O)OC(C(C)C)C(O)(C(F)(F)F)C(F)(F)F. The van der Waals surface area contributed by atoms with Gasteiger partial charge in [-0.2, -0.15) is 52.3 Å². The van der Waals surface area contributed by atoms with Gasteiger partial charge in [0, 0.05) is 6.42 Å². The maximum absolute atomic E-state index is 13.3. The van der Waals surface area contributed by atoms with Crippen LogP contribution in [0.25, 0.3) is 0 Å². The van der Waals surface area contributed by atoms with Gasteiger partial charge in [0.2, 0.25) is 0 Å². The average Bonchev–Trinajstić information content (AvgIpc) is 2.58. The van der Waals surface area contributed by atoms with E-state index in [9.17, 15) is 62.2 Å². The lowest BCUT2D eigenvalue weighted by Gasteiger charge is -2.39. The lowest BCUT2D eigenvalue weighted by Crippen LogP contribution is -2.66. The number of carbonyl (C=O) groups is 1. The van der Waals surface area contributed by atoms with Crippen LogP contribution in [0.3, 0.4) is 0 Å². The number of carbonyl (C=O) groups excluding carboxylic acids is 1. The Morgan fingerprint density at radius 3 is 1.73 bits per heavy atom. The highest BCUT2D eigenvalue weighted by Gasteiger charge is 2.76. The van der Waals surface area contributed by atoms with Crippen LogP contribution in [0.2, 0.25) is 0 Å². The zero-order chi connectivity index (χ0) is 26.8. The second-order valence-electron chi connectivity index (χ2n) is 6.93. The van der Waals surface area contributed by atoms with Crippen LogP contribution in [-0.2, 0) is 24.4 Å². The molecule has 0 bridgehead atoms. The van der Waals surface area contributed by atoms with E-state index in [4.69, 9.17) is 4.55 Å². The minimum absolute atomic E-state index is 0.747. The highest BCUT2D eigenvalue weighted by atomic mass is 32.2. The van der Waals surface area contributed by atoms with Crippen molar-refractivity contribution in [2.45, 2.75) is 55.5 Å². The Balaban J connectivity index is 5.30. The number of esters is 1. The molecule has 0 aromatic rings.